The first kappa shape index (κ1) is 44.3. The Bertz CT molecular complexity index is 2640. The fraction of sp³-hybridized carbons (Fsp3) is 0.295. The Morgan fingerprint density at radius 3 is 1.54 bits per heavy atom. The quantitative estimate of drug-likeness (QED) is 0.0740. The van der Waals surface area contributed by atoms with Crippen LogP contribution in [0.4, 0.5) is 0 Å². The van der Waals surface area contributed by atoms with E-state index in [4.69, 9.17) is 23.7 Å². The maximum atomic E-state index is 13.4. The molecule has 9 atom stereocenters. The number of rotatable bonds is 9. The summed E-state index contributed by atoms with van der Waals surface area (Å²) in [7, 11) is 0. The van der Waals surface area contributed by atoms with Gasteiger partial charge in [-0.15, -0.1) is 0 Å². The van der Waals surface area contributed by atoms with Crippen molar-refractivity contribution in [1.82, 2.24) is 0 Å². The van der Waals surface area contributed by atoms with Crippen LogP contribution in [0.25, 0.3) is 0 Å². The molecule has 65 heavy (non-hydrogen) atoms. The van der Waals surface area contributed by atoms with Crippen LogP contribution in [0.2, 0.25) is 0 Å². The summed E-state index contributed by atoms with van der Waals surface area (Å²) in [5.41, 5.74) is -0.397. The number of phenols is 11. The van der Waals surface area contributed by atoms with Gasteiger partial charge in [-0.25, -0.2) is 4.79 Å². The predicted molar refractivity (Wildman–Crippen MR) is 215 cm³/mol. The fourth-order valence-electron chi connectivity index (χ4n) is 8.16. The summed E-state index contributed by atoms with van der Waals surface area (Å²) in [5, 5.41) is 158. The molecule has 0 bridgehead atoms. The van der Waals surface area contributed by atoms with Crippen molar-refractivity contribution in [3.63, 3.8) is 0 Å². The second-order valence-corrected chi connectivity index (χ2v) is 15.7. The van der Waals surface area contributed by atoms with Crippen molar-refractivity contribution < 1.29 is 105 Å². The zero-order valence-electron chi connectivity index (χ0n) is 33.5. The minimum absolute atomic E-state index is 0.00424. The molecule has 1 fully saturated rings. The highest BCUT2D eigenvalue weighted by Gasteiger charge is 2.47. The highest BCUT2D eigenvalue weighted by molar-refractivity contribution is 5.91. The average Bonchev–Trinajstić information content (AvgIpc) is 3.27. The molecule has 1 saturated heterocycles. The number of benzene rings is 5. The zero-order valence-corrected chi connectivity index (χ0v) is 33.5. The summed E-state index contributed by atoms with van der Waals surface area (Å²) >= 11 is 0. The van der Waals surface area contributed by atoms with Gasteiger partial charge in [0.25, 0.3) is 0 Å². The van der Waals surface area contributed by atoms with E-state index in [0.29, 0.717) is 0 Å². The first-order valence-corrected chi connectivity index (χ1v) is 19.8. The van der Waals surface area contributed by atoms with E-state index in [9.17, 15) is 81.4 Å². The molecule has 3 heterocycles. The molecule has 5 aromatic carbocycles. The molecule has 0 radical (unpaired) electrons. The number of aliphatic hydroxyl groups excluding tert-OH is 4. The second-order valence-electron chi connectivity index (χ2n) is 15.7. The summed E-state index contributed by atoms with van der Waals surface area (Å²) in [6.45, 7) is -0.772. The number of ether oxygens (including phenoxy) is 5. The Labute approximate surface area is 365 Å². The SMILES string of the molecule is O=C(O[C@@H]1Cc2c(O)cc(O)c(Cc3c(O)cc(O)c4c3O[C@H](c3ccc(O)c(O)c3)[C@@H](O[C@@H]3O[C@H](CO)[C@H](O)[C@H](O)[C@H]3O)C4)c2O[C@@H]1c1ccc(O)c(O)c1)c1cc(O)c(O)c(O)c1. The molecular weight excluding hydrogens is 864 g/mol. The Morgan fingerprint density at radius 1 is 0.554 bits per heavy atom. The van der Waals surface area contributed by atoms with E-state index >= 15 is 0 Å². The lowest BCUT2D eigenvalue weighted by atomic mass is 9.88. The van der Waals surface area contributed by atoms with Gasteiger partial charge in [-0.05, 0) is 42.0 Å². The third-order valence-electron chi connectivity index (χ3n) is 11.6. The Hall–Kier alpha value is -7.27. The van der Waals surface area contributed by atoms with E-state index in [2.05, 4.69) is 0 Å². The molecule has 344 valence electrons. The van der Waals surface area contributed by atoms with Gasteiger partial charge in [-0.3, -0.25) is 0 Å². The van der Waals surface area contributed by atoms with E-state index in [1.165, 1.54) is 12.1 Å². The normalized spacial score (nSPS) is 24.8. The van der Waals surface area contributed by atoms with Gasteiger partial charge < -0.3 is 100 Å². The molecule has 21 nitrogen and oxygen atoms in total. The lowest BCUT2D eigenvalue weighted by Gasteiger charge is -2.43. The van der Waals surface area contributed by atoms with Gasteiger partial charge in [0.15, 0.2) is 58.7 Å². The molecule has 3 aliphatic heterocycles. The lowest BCUT2D eigenvalue weighted by molar-refractivity contribution is -0.317. The van der Waals surface area contributed by atoms with Crippen LogP contribution in [0.5, 0.6) is 74.7 Å². The smallest absolute Gasteiger partial charge is 0.338 e. The maximum absolute atomic E-state index is 13.4. The van der Waals surface area contributed by atoms with Crippen molar-refractivity contribution in [1.29, 1.82) is 0 Å². The van der Waals surface area contributed by atoms with Crippen molar-refractivity contribution in [3.8, 4) is 74.7 Å². The van der Waals surface area contributed by atoms with Crippen LogP contribution in [0.3, 0.4) is 0 Å². The number of phenolic OH excluding ortho intramolecular Hbond substituents is 11. The minimum atomic E-state index is -1.86. The number of carbonyl (C=O) groups is 1. The van der Waals surface area contributed by atoms with Crippen LogP contribution in [0.1, 0.15) is 55.9 Å². The largest absolute Gasteiger partial charge is 0.507 e. The van der Waals surface area contributed by atoms with Crippen LogP contribution < -0.4 is 9.47 Å². The van der Waals surface area contributed by atoms with Gasteiger partial charge in [-0.1, -0.05) is 12.1 Å². The average molecular weight is 907 g/mol. The third kappa shape index (κ3) is 8.11. The summed E-state index contributed by atoms with van der Waals surface area (Å²) in [6.07, 6.45) is -15.0. The molecule has 21 heteroatoms. The van der Waals surface area contributed by atoms with E-state index in [0.717, 1.165) is 48.5 Å². The topological polar surface area (TPSA) is 367 Å². The van der Waals surface area contributed by atoms with Crippen molar-refractivity contribution in [2.75, 3.05) is 6.61 Å². The van der Waals surface area contributed by atoms with E-state index < -0.39 is 143 Å². The summed E-state index contributed by atoms with van der Waals surface area (Å²) in [6, 6.07) is 10.8. The third-order valence-corrected chi connectivity index (χ3v) is 11.6. The van der Waals surface area contributed by atoms with E-state index in [1.807, 2.05) is 0 Å². The molecule has 0 spiro atoms. The number of fused-ring (bicyclic) bond motifs is 2. The van der Waals surface area contributed by atoms with Crippen molar-refractivity contribution in [3.05, 3.63) is 99.6 Å². The molecule has 0 saturated carbocycles. The van der Waals surface area contributed by atoms with E-state index in [1.54, 1.807) is 0 Å². The highest BCUT2D eigenvalue weighted by atomic mass is 16.7. The van der Waals surface area contributed by atoms with Crippen LogP contribution in [-0.2, 0) is 33.5 Å². The van der Waals surface area contributed by atoms with Gasteiger partial charge >= 0.3 is 5.97 Å². The van der Waals surface area contributed by atoms with Gasteiger partial charge in [0.2, 0.25) is 0 Å². The lowest BCUT2D eigenvalue weighted by Crippen LogP contribution is -2.60. The summed E-state index contributed by atoms with van der Waals surface area (Å²) in [5.74, 6) is -8.51. The van der Waals surface area contributed by atoms with Crippen LogP contribution >= 0.6 is 0 Å². The molecule has 3 aliphatic rings. The Kier molecular flexibility index (Phi) is 11.6. The summed E-state index contributed by atoms with van der Waals surface area (Å²) < 4.78 is 30.3. The number of esters is 1. The first-order valence-electron chi connectivity index (χ1n) is 19.8. The molecule has 0 aliphatic carbocycles. The molecular formula is C44H42O21. The molecule has 8 rings (SSSR count). The number of hydrogen-bond acceptors (Lipinski definition) is 21. The number of aromatic hydroxyl groups is 11. The monoisotopic (exact) mass is 906 g/mol. The Morgan fingerprint density at radius 2 is 1.05 bits per heavy atom. The molecule has 0 unspecified atom stereocenters. The van der Waals surface area contributed by atoms with Gasteiger partial charge in [0.05, 0.1) is 12.2 Å². The molecule has 0 amide bonds. The molecule has 5 aromatic rings. The minimum Gasteiger partial charge on any atom is -0.507 e. The van der Waals surface area contributed by atoms with Crippen molar-refractivity contribution in [2.45, 2.75) is 74.4 Å². The van der Waals surface area contributed by atoms with Gasteiger partial charge in [0, 0.05) is 59.2 Å². The number of aliphatic hydroxyl groups is 4. The van der Waals surface area contributed by atoms with Crippen molar-refractivity contribution >= 4 is 5.97 Å². The highest BCUT2D eigenvalue weighted by Crippen LogP contribution is 2.52. The zero-order chi connectivity index (χ0) is 46.8. The fourth-order valence-corrected chi connectivity index (χ4v) is 8.16. The standard InChI is InChI=1S/C44H42O21/c45-14-34-36(57)37(58)38(59)44(63-34)62-33-11-21-27(51)13-25(49)19(42(21)65-40(33)16-2-4-23(47)29(53)6-16)9-18-24(48)12-26(50)20-10-32(61-43(60)17-7-30(54)35(56)31(55)8-17)39(64-41(18)20)15-1-3-22(46)28(52)5-15/h1-8,12-13,32-34,36-40,44-59H,9-11,14H2/t32-,33+,34-,36+,37+,38-,39-,40-,44-/m1/s1. The van der Waals surface area contributed by atoms with Crippen LogP contribution in [-0.4, -0.2) is 132 Å². The van der Waals surface area contributed by atoms with E-state index in [-0.39, 0.29) is 57.7 Å². The number of hydrogen-bond donors (Lipinski definition) is 15. The van der Waals surface area contributed by atoms with Crippen molar-refractivity contribution in [2.24, 2.45) is 0 Å². The molecule has 15 N–H and O–H groups in total. The molecule has 0 aromatic heterocycles. The summed E-state index contributed by atoms with van der Waals surface area (Å²) in [4.78, 5) is 13.4. The van der Waals surface area contributed by atoms with Crippen LogP contribution in [0, 0.1) is 0 Å². The first-order chi connectivity index (χ1) is 30.8. The second kappa shape index (κ2) is 17.0. The Balaban J connectivity index is 1.19. The maximum Gasteiger partial charge on any atom is 0.338 e. The predicted octanol–water partition coefficient (Wildman–Crippen LogP) is 1.80. The number of carbonyl (C=O) groups excluding carboxylic acids is 1. The van der Waals surface area contributed by atoms with Crippen LogP contribution in [0.15, 0.2) is 60.7 Å². The van der Waals surface area contributed by atoms with Gasteiger partial charge in [-0.2, -0.15) is 0 Å². The van der Waals surface area contributed by atoms with Gasteiger partial charge in [0.1, 0.15) is 71.1 Å².